The Labute approximate surface area is 198 Å². The van der Waals surface area contributed by atoms with Gasteiger partial charge in [0.15, 0.2) is 5.96 Å². The smallest absolute Gasteiger partial charge is 0.219 e. The fourth-order valence-electron chi connectivity index (χ4n) is 2.56. The Morgan fingerprint density at radius 1 is 1.07 bits per heavy atom. The van der Waals surface area contributed by atoms with Gasteiger partial charge in [0, 0.05) is 36.9 Å². The second kappa shape index (κ2) is 12.3. The van der Waals surface area contributed by atoms with Crippen molar-refractivity contribution in [1.82, 2.24) is 20.6 Å². The number of aliphatic imine (C=N–C) groups is 1. The SMILES string of the molecule is CCOc1ccc(Oc2cc(CNC(=NC)NCc3ncc(C)s3)ccn2)cc1.I. The van der Waals surface area contributed by atoms with Gasteiger partial charge < -0.3 is 20.1 Å². The maximum atomic E-state index is 5.85. The summed E-state index contributed by atoms with van der Waals surface area (Å²) in [5.41, 5.74) is 1.04. The highest BCUT2D eigenvalue weighted by Crippen LogP contribution is 2.23. The second-order valence-corrected chi connectivity index (χ2v) is 7.47. The molecular formula is C21H26IN5O2S. The van der Waals surface area contributed by atoms with Crippen LogP contribution in [-0.4, -0.2) is 29.6 Å². The van der Waals surface area contributed by atoms with Crippen LogP contribution in [0.5, 0.6) is 17.4 Å². The number of aromatic nitrogens is 2. The van der Waals surface area contributed by atoms with E-state index >= 15 is 0 Å². The summed E-state index contributed by atoms with van der Waals surface area (Å²) in [6, 6.07) is 11.3. The van der Waals surface area contributed by atoms with Crippen molar-refractivity contribution in [3.8, 4) is 17.4 Å². The van der Waals surface area contributed by atoms with Gasteiger partial charge in [-0.15, -0.1) is 35.3 Å². The lowest BCUT2D eigenvalue weighted by Crippen LogP contribution is -2.36. The monoisotopic (exact) mass is 539 g/mol. The van der Waals surface area contributed by atoms with E-state index in [1.165, 1.54) is 4.88 Å². The molecule has 2 heterocycles. The second-order valence-electron chi connectivity index (χ2n) is 6.15. The van der Waals surface area contributed by atoms with E-state index in [-0.39, 0.29) is 24.0 Å². The lowest BCUT2D eigenvalue weighted by Gasteiger charge is -2.12. The van der Waals surface area contributed by atoms with E-state index in [0.717, 1.165) is 16.3 Å². The summed E-state index contributed by atoms with van der Waals surface area (Å²) in [7, 11) is 1.75. The lowest BCUT2D eigenvalue weighted by atomic mass is 10.2. The number of pyridine rings is 1. The topological polar surface area (TPSA) is 80.7 Å². The molecule has 0 radical (unpaired) electrons. The van der Waals surface area contributed by atoms with Gasteiger partial charge in [-0.05, 0) is 49.7 Å². The van der Waals surface area contributed by atoms with E-state index in [1.54, 1.807) is 24.6 Å². The Bertz CT molecular complexity index is 947. The number of nitrogens with one attached hydrogen (secondary N) is 2. The van der Waals surface area contributed by atoms with Gasteiger partial charge in [-0.25, -0.2) is 9.97 Å². The summed E-state index contributed by atoms with van der Waals surface area (Å²) in [5.74, 6) is 2.78. The average molecular weight is 539 g/mol. The lowest BCUT2D eigenvalue weighted by molar-refractivity contribution is 0.339. The number of nitrogens with zero attached hydrogens (tertiary/aromatic N) is 3. The maximum Gasteiger partial charge on any atom is 0.219 e. The Balaban J connectivity index is 0.00000320. The minimum absolute atomic E-state index is 0. The number of ether oxygens (including phenoxy) is 2. The fourth-order valence-corrected chi connectivity index (χ4v) is 3.28. The summed E-state index contributed by atoms with van der Waals surface area (Å²) in [6.45, 7) is 5.88. The highest BCUT2D eigenvalue weighted by Gasteiger charge is 2.04. The van der Waals surface area contributed by atoms with Gasteiger partial charge in [0.2, 0.25) is 5.88 Å². The molecule has 0 fully saturated rings. The van der Waals surface area contributed by atoms with Crippen molar-refractivity contribution in [3.05, 3.63) is 64.2 Å². The standard InChI is InChI=1S/C21H25N5O2S.HI/c1-4-27-17-5-7-18(8-6-17)28-19-11-16(9-10-23-19)13-25-21(22-3)26-14-20-24-12-15(2)29-20;/h5-12H,4,13-14H2,1-3H3,(H2,22,25,26);1H. The molecule has 9 heteroatoms. The Kier molecular flexibility index (Phi) is 9.81. The number of rotatable bonds is 8. The first-order chi connectivity index (χ1) is 14.2. The van der Waals surface area contributed by atoms with Crippen molar-refractivity contribution in [1.29, 1.82) is 0 Å². The van der Waals surface area contributed by atoms with Gasteiger partial charge in [0.1, 0.15) is 16.5 Å². The molecule has 0 amide bonds. The first-order valence-electron chi connectivity index (χ1n) is 9.37. The third-order valence-corrected chi connectivity index (χ3v) is 4.83. The maximum absolute atomic E-state index is 5.85. The van der Waals surface area contributed by atoms with Crippen molar-refractivity contribution in [3.63, 3.8) is 0 Å². The molecule has 2 aromatic heterocycles. The third kappa shape index (κ3) is 7.45. The highest BCUT2D eigenvalue weighted by atomic mass is 127. The van der Waals surface area contributed by atoms with Gasteiger partial charge in [0.05, 0.1) is 13.2 Å². The predicted octanol–water partition coefficient (Wildman–Crippen LogP) is 4.52. The molecule has 0 spiro atoms. The Morgan fingerprint density at radius 3 is 2.47 bits per heavy atom. The molecule has 7 nitrogen and oxygen atoms in total. The zero-order chi connectivity index (χ0) is 20.5. The van der Waals surface area contributed by atoms with E-state index in [1.807, 2.05) is 56.4 Å². The zero-order valence-electron chi connectivity index (χ0n) is 17.2. The van der Waals surface area contributed by atoms with Crippen molar-refractivity contribution in [2.24, 2.45) is 4.99 Å². The molecule has 0 aliphatic rings. The fraction of sp³-hybridized carbons (Fsp3) is 0.286. The Morgan fingerprint density at radius 2 is 1.80 bits per heavy atom. The highest BCUT2D eigenvalue weighted by molar-refractivity contribution is 14.0. The molecule has 30 heavy (non-hydrogen) atoms. The predicted molar refractivity (Wildman–Crippen MR) is 131 cm³/mol. The summed E-state index contributed by atoms with van der Waals surface area (Å²) in [4.78, 5) is 14.1. The van der Waals surface area contributed by atoms with Gasteiger partial charge in [-0.2, -0.15) is 0 Å². The van der Waals surface area contributed by atoms with Crippen molar-refractivity contribution in [2.45, 2.75) is 26.9 Å². The summed E-state index contributed by atoms with van der Waals surface area (Å²) >= 11 is 1.67. The minimum Gasteiger partial charge on any atom is -0.494 e. The molecule has 0 aliphatic heterocycles. The quantitative estimate of drug-likeness (QED) is 0.249. The number of guanidine groups is 1. The molecule has 3 rings (SSSR count). The average Bonchev–Trinajstić information content (AvgIpc) is 3.15. The van der Waals surface area contributed by atoms with E-state index < -0.39 is 0 Å². The van der Waals surface area contributed by atoms with Gasteiger partial charge in [-0.3, -0.25) is 4.99 Å². The number of aryl methyl sites for hydroxylation is 1. The molecule has 0 unspecified atom stereocenters. The van der Waals surface area contributed by atoms with E-state index in [4.69, 9.17) is 9.47 Å². The summed E-state index contributed by atoms with van der Waals surface area (Å²) < 4.78 is 11.3. The number of halogens is 1. The Hall–Kier alpha value is -2.40. The van der Waals surface area contributed by atoms with E-state index in [2.05, 4.69) is 25.6 Å². The van der Waals surface area contributed by atoms with Crippen LogP contribution in [0.3, 0.4) is 0 Å². The van der Waals surface area contributed by atoms with Crippen LogP contribution in [-0.2, 0) is 13.1 Å². The molecule has 2 N–H and O–H groups in total. The van der Waals surface area contributed by atoms with Crippen molar-refractivity contribution in [2.75, 3.05) is 13.7 Å². The van der Waals surface area contributed by atoms with Gasteiger partial charge >= 0.3 is 0 Å². The molecule has 0 saturated heterocycles. The van der Waals surface area contributed by atoms with Crippen LogP contribution in [0.1, 0.15) is 22.4 Å². The first-order valence-corrected chi connectivity index (χ1v) is 10.2. The molecule has 0 atom stereocenters. The summed E-state index contributed by atoms with van der Waals surface area (Å²) in [6.07, 6.45) is 3.61. The van der Waals surface area contributed by atoms with Crippen LogP contribution in [0.15, 0.2) is 53.8 Å². The van der Waals surface area contributed by atoms with Crippen LogP contribution in [0, 0.1) is 6.92 Å². The van der Waals surface area contributed by atoms with E-state index in [9.17, 15) is 0 Å². The van der Waals surface area contributed by atoms with E-state index in [0.29, 0.717) is 37.3 Å². The molecule has 160 valence electrons. The third-order valence-electron chi connectivity index (χ3n) is 3.92. The number of hydrogen-bond donors (Lipinski definition) is 2. The summed E-state index contributed by atoms with van der Waals surface area (Å²) in [5, 5.41) is 7.59. The van der Waals surface area contributed by atoms with Crippen molar-refractivity contribution >= 4 is 41.3 Å². The number of hydrogen-bond acceptors (Lipinski definition) is 6. The largest absolute Gasteiger partial charge is 0.494 e. The molecular weight excluding hydrogens is 513 g/mol. The number of benzene rings is 1. The van der Waals surface area contributed by atoms with Crippen LogP contribution in [0.25, 0.3) is 0 Å². The van der Waals surface area contributed by atoms with Crippen LogP contribution in [0.4, 0.5) is 0 Å². The van der Waals surface area contributed by atoms with Crippen LogP contribution >= 0.6 is 35.3 Å². The number of thiazole rings is 1. The zero-order valence-corrected chi connectivity index (χ0v) is 20.4. The molecule has 0 bridgehead atoms. The minimum atomic E-state index is 0. The first kappa shape index (κ1) is 23.9. The van der Waals surface area contributed by atoms with Gasteiger partial charge in [0.25, 0.3) is 0 Å². The molecule has 1 aromatic carbocycles. The van der Waals surface area contributed by atoms with Crippen LogP contribution < -0.4 is 20.1 Å². The van der Waals surface area contributed by atoms with Crippen molar-refractivity contribution < 1.29 is 9.47 Å². The molecule has 0 saturated carbocycles. The molecule has 3 aromatic rings. The van der Waals surface area contributed by atoms with Crippen LogP contribution in [0.2, 0.25) is 0 Å². The normalized spacial score (nSPS) is 10.8. The molecule has 0 aliphatic carbocycles. The van der Waals surface area contributed by atoms with Gasteiger partial charge in [-0.1, -0.05) is 0 Å².